The fourth-order valence-corrected chi connectivity index (χ4v) is 4.44. The molecular weight excluding hydrogens is 506 g/mol. The van der Waals surface area contributed by atoms with Crippen LogP contribution in [0.15, 0.2) is 29.0 Å². The molecule has 4 rings (SSSR count). The van der Waals surface area contributed by atoms with Crippen molar-refractivity contribution in [3.8, 4) is 0 Å². The van der Waals surface area contributed by atoms with E-state index in [9.17, 15) is 14.4 Å². The Balaban J connectivity index is 1.73. The molecule has 0 bridgehead atoms. The van der Waals surface area contributed by atoms with Gasteiger partial charge in [0.05, 0.1) is 25.9 Å². The fourth-order valence-electron chi connectivity index (χ4n) is 4.17. The third-order valence-electron chi connectivity index (χ3n) is 5.78. The molecule has 0 saturated carbocycles. The van der Waals surface area contributed by atoms with E-state index in [1.54, 1.807) is 12.1 Å². The van der Waals surface area contributed by atoms with E-state index in [0.717, 1.165) is 16.9 Å². The van der Waals surface area contributed by atoms with Gasteiger partial charge in [-0.3, -0.25) is 14.5 Å². The van der Waals surface area contributed by atoms with Crippen LogP contribution in [-0.4, -0.2) is 45.5 Å². The van der Waals surface area contributed by atoms with Crippen molar-refractivity contribution in [2.45, 2.75) is 45.9 Å². The molecule has 0 radical (unpaired) electrons. The maximum absolute atomic E-state index is 12.8. The number of cyclic esters (lactones) is 1. The Morgan fingerprint density at radius 2 is 2.24 bits per heavy atom. The van der Waals surface area contributed by atoms with E-state index in [-0.39, 0.29) is 24.1 Å². The number of ether oxygens (including phenoxy) is 1. The number of benzene rings is 1. The summed E-state index contributed by atoms with van der Waals surface area (Å²) in [5, 5.41) is 2.74. The van der Waals surface area contributed by atoms with Crippen LogP contribution in [0.3, 0.4) is 0 Å². The number of nitrogens with one attached hydrogen (secondary N) is 1. The van der Waals surface area contributed by atoms with Crippen molar-refractivity contribution < 1.29 is 23.7 Å². The summed E-state index contributed by atoms with van der Waals surface area (Å²) >= 11 is 3.27. The van der Waals surface area contributed by atoms with Gasteiger partial charge in [0.2, 0.25) is 6.41 Å². The molecule has 1 aromatic carbocycles. The van der Waals surface area contributed by atoms with Crippen LogP contribution in [0.4, 0.5) is 11.6 Å². The predicted molar refractivity (Wildman–Crippen MR) is 127 cm³/mol. The summed E-state index contributed by atoms with van der Waals surface area (Å²) < 4.78 is 9.51. The van der Waals surface area contributed by atoms with Crippen molar-refractivity contribution in [3.05, 3.63) is 40.4 Å². The Morgan fingerprint density at radius 1 is 1.44 bits per heavy atom. The molecule has 0 spiro atoms. The molecule has 0 unspecified atom stereocenters. The Bertz CT molecular complexity index is 1280. The summed E-state index contributed by atoms with van der Waals surface area (Å²) in [5.74, 6) is 0.475. The van der Waals surface area contributed by atoms with Gasteiger partial charge in [-0.1, -0.05) is 0 Å². The molecule has 34 heavy (non-hydrogen) atoms. The minimum atomic E-state index is -0.629. The number of nitrogens with zero attached hydrogens (tertiary/aromatic N) is 5. The summed E-state index contributed by atoms with van der Waals surface area (Å²) in [5.41, 5.74) is 8.16. The zero-order chi connectivity index (χ0) is 24.4. The first kappa shape index (κ1) is 23.6. The first-order chi connectivity index (χ1) is 16.4. The van der Waals surface area contributed by atoms with Crippen molar-refractivity contribution in [1.82, 2.24) is 19.9 Å². The average Bonchev–Trinajstić information content (AvgIpc) is 3.37. The Hall–Kier alpha value is -3.54. The number of amides is 2. The van der Waals surface area contributed by atoms with E-state index in [0.29, 0.717) is 42.7 Å². The van der Waals surface area contributed by atoms with E-state index in [4.69, 9.17) is 10.5 Å². The Morgan fingerprint density at radius 3 is 2.88 bits per heavy atom. The predicted octanol–water partition coefficient (Wildman–Crippen LogP) is 1.31. The number of anilines is 2. The third-order valence-corrected chi connectivity index (χ3v) is 6.16. The SMILES string of the molecule is CCn1c(CN(C=O)c2nc(Br)cnc2N)[n+](CC)c2ccc(C(=O)N[C@@H]3CCOC3=O)cc21. The number of halogens is 1. The van der Waals surface area contributed by atoms with Crippen molar-refractivity contribution in [2.75, 3.05) is 17.2 Å². The number of imidazole rings is 1. The Labute approximate surface area is 204 Å². The molecule has 1 aliphatic rings. The van der Waals surface area contributed by atoms with Gasteiger partial charge < -0.3 is 15.8 Å². The smallest absolute Gasteiger partial charge is 0.328 e. The third kappa shape index (κ3) is 4.32. The minimum Gasteiger partial charge on any atom is -0.464 e. The van der Waals surface area contributed by atoms with Crippen molar-refractivity contribution in [2.24, 2.45) is 0 Å². The van der Waals surface area contributed by atoms with E-state index in [1.807, 2.05) is 24.5 Å². The fraction of sp³-hybridized carbons (Fsp3) is 0.364. The minimum absolute atomic E-state index is 0.141. The summed E-state index contributed by atoms with van der Waals surface area (Å²) in [4.78, 5) is 46.3. The van der Waals surface area contributed by atoms with Crippen LogP contribution in [-0.2, 0) is 34.0 Å². The van der Waals surface area contributed by atoms with E-state index in [2.05, 4.69) is 35.8 Å². The van der Waals surface area contributed by atoms with Gasteiger partial charge in [-0.05, 0) is 41.9 Å². The highest BCUT2D eigenvalue weighted by Crippen LogP contribution is 2.23. The number of nitrogens with two attached hydrogens (primary N) is 1. The number of carbonyl (C=O) groups excluding carboxylic acids is 3. The zero-order valence-corrected chi connectivity index (χ0v) is 20.4. The number of hydrogen-bond acceptors (Lipinski definition) is 7. The maximum Gasteiger partial charge on any atom is 0.328 e. The topological polar surface area (TPSA) is 136 Å². The van der Waals surface area contributed by atoms with Crippen LogP contribution in [0, 0.1) is 0 Å². The van der Waals surface area contributed by atoms with E-state index in [1.165, 1.54) is 11.1 Å². The molecular formula is C22H25BrN7O4+. The lowest BCUT2D eigenvalue weighted by atomic mass is 10.1. The van der Waals surface area contributed by atoms with Crippen molar-refractivity contribution in [3.63, 3.8) is 0 Å². The quantitative estimate of drug-likeness (QED) is 0.254. The molecule has 12 heteroatoms. The first-order valence-corrected chi connectivity index (χ1v) is 11.7. The number of aromatic nitrogens is 4. The number of carbonyl (C=O) groups is 3. The van der Waals surface area contributed by atoms with Gasteiger partial charge >= 0.3 is 5.97 Å². The van der Waals surface area contributed by atoms with Crippen LogP contribution in [0.1, 0.15) is 36.5 Å². The van der Waals surface area contributed by atoms with E-state index >= 15 is 0 Å². The first-order valence-electron chi connectivity index (χ1n) is 10.9. The molecule has 3 aromatic rings. The molecule has 2 aromatic heterocycles. The highest BCUT2D eigenvalue weighted by atomic mass is 79.9. The van der Waals surface area contributed by atoms with E-state index < -0.39 is 12.0 Å². The van der Waals surface area contributed by atoms with Crippen LogP contribution in [0.5, 0.6) is 0 Å². The molecule has 11 nitrogen and oxygen atoms in total. The van der Waals surface area contributed by atoms with Crippen LogP contribution in [0.2, 0.25) is 0 Å². The number of nitrogen functional groups attached to an aromatic ring is 1. The molecule has 178 valence electrons. The number of esters is 1. The maximum atomic E-state index is 12.8. The molecule has 0 aliphatic carbocycles. The highest BCUT2D eigenvalue weighted by Gasteiger charge is 2.30. The molecule has 3 heterocycles. The van der Waals surface area contributed by atoms with Gasteiger partial charge in [-0.2, -0.15) is 0 Å². The lowest BCUT2D eigenvalue weighted by Gasteiger charge is -2.16. The lowest BCUT2D eigenvalue weighted by Crippen LogP contribution is -2.40. The van der Waals surface area contributed by atoms with Crippen LogP contribution < -0.4 is 20.5 Å². The number of fused-ring (bicyclic) bond motifs is 1. The van der Waals surface area contributed by atoms with Crippen LogP contribution in [0.25, 0.3) is 11.0 Å². The number of rotatable bonds is 8. The summed E-state index contributed by atoms with van der Waals surface area (Å²) in [7, 11) is 0. The second-order valence-electron chi connectivity index (χ2n) is 7.73. The standard InChI is InChI=1S/C22H24BrN7O4/c1-3-29-15-6-5-13(21(32)26-14-7-8-34-22(14)33)9-16(15)30(4-2)18(29)11-28(12-31)20-19(24)25-10-17(23)27-20/h5-6,9-10,12,14H,3-4,7-8,11H2,1-2H3,(H2-,24,25,26,32)/p+1/t14-/m1/s1. The van der Waals surface area contributed by atoms with Crippen molar-refractivity contribution >= 4 is 56.9 Å². The molecule has 1 aliphatic heterocycles. The monoisotopic (exact) mass is 530 g/mol. The summed E-state index contributed by atoms with van der Waals surface area (Å²) in [6.07, 6.45) is 2.60. The second-order valence-corrected chi connectivity index (χ2v) is 8.54. The van der Waals surface area contributed by atoms with Gasteiger partial charge in [0.15, 0.2) is 22.7 Å². The summed E-state index contributed by atoms with van der Waals surface area (Å²) in [6, 6.07) is 4.76. The average molecular weight is 531 g/mol. The normalized spacial score (nSPS) is 15.4. The molecule has 1 fully saturated rings. The van der Waals surface area contributed by atoms with Gasteiger partial charge in [-0.25, -0.2) is 23.9 Å². The number of aryl methyl sites for hydroxylation is 2. The van der Waals surface area contributed by atoms with Gasteiger partial charge in [0.25, 0.3) is 11.7 Å². The second kappa shape index (κ2) is 9.75. The largest absolute Gasteiger partial charge is 0.464 e. The zero-order valence-electron chi connectivity index (χ0n) is 18.8. The lowest BCUT2D eigenvalue weighted by molar-refractivity contribution is -0.676. The van der Waals surface area contributed by atoms with Gasteiger partial charge in [0, 0.05) is 18.1 Å². The molecule has 1 atom stereocenters. The molecule has 1 saturated heterocycles. The number of hydrogen-bond donors (Lipinski definition) is 2. The highest BCUT2D eigenvalue weighted by molar-refractivity contribution is 9.10. The summed E-state index contributed by atoms with van der Waals surface area (Å²) in [6.45, 7) is 5.75. The Kier molecular flexibility index (Phi) is 6.77. The van der Waals surface area contributed by atoms with Crippen molar-refractivity contribution in [1.29, 1.82) is 0 Å². The molecule has 3 N–H and O–H groups in total. The van der Waals surface area contributed by atoms with Gasteiger partial charge in [0.1, 0.15) is 17.2 Å². The molecule has 2 amide bonds. The van der Waals surface area contributed by atoms with Gasteiger partial charge in [-0.15, -0.1) is 0 Å². The van der Waals surface area contributed by atoms with Crippen LogP contribution >= 0.6 is 15.9 Å².